The first-order chi connectivity index (χ1) is 9.70. The number of imidazole rings is 1. The monoisotopic (exact) mass is 289 g/mol. The highest BCUT2D eigenvalue weighted by Crippen LogP contribution is 2.21. The molecule has 6 nitrogen and oxygen atoms in total. The van der Waals surface area contributed by atoms with E-state index in [1.165, 1.54) is 12.4 Å². The molecule has 0 saturated carbocycles. The number of carboxylic acids is 1. The lowest BCUT2D eigenvalue weighted by Gasteiger charge is -2.24. The van der Waals surface area contributed by atoms with Crippen LogP contribution < -0.4 is 5.32 Å². The van der Waals surface area contributed by atoms with Crippen LogP contribution in [0.3, 0.4) is 0 Å². The number of para-hydroxylation sites is 1. The Morgan fingerprint density at radius 1 is 1.33 bits per heavy atom. The topological polar surface area (TPSA) is 84.2 Å². The quantitative estimate of drug-likeness (QED) is 0.907. The summed E-state index contributed by atoms with van der Waals surface area (Å²) in [6.07, 6.45) is 1.50. The number of benzene rings is 1. The third-order valence-corrected chi connectivity index (χ3v) is 3.13. The molecular weight excluding hydrogens is 270 g/mol. The zero-order valence-electron chi connectivity index (χ0n) is 12.5. The minimum absolute atomic E-state index is 0.134. The second-order valence-corrected chi connectivity index (χ2v) is 6.05. The van der Waals surface area contributed by atoms with E-state index < -0.39 is 12.0 Å². The molecule has 0 radical (unpaired) electrons. The largest absolute Gasteiger partial charge is 0.478 e. The molecule has 0 spiro atoms. The van der Waals surface area contributed by atoms with Crippen LogP contribution in [0, 0.1) is 0 Å². The SMILES string of the molecule is CC(C(=O)NC(C)(C)C)n1cnc2c(C(=O)O)cccc21. The highest BCUT2D eigenvalue weighted by atomic mass is 16.4. The summed E-state index contributed by atoms with van der Waals surface area (Å²) in [5, 5.41) is 12.1. The first kappa shape index (κ1) is 15.0. The maximum atomic E-state index is 12.2. The molecule has 0 saturated heterocycles. The molecule has 0 aliphatic heterocycles. The number of nitrogens with one attached hydrogen (secondary N) is 1. The van der Waals surface area contributed by atoms with E-state index in [0.29, 0.717) is 11.0 Å². The van der Waals surface area contributed by atoms with E-state index in [2.05, 4.69) is 10.3 Å². The molecule has 1 atom stereocenters. The van der Waals surface area contributed by atoms with Gasteiger partial charge in [-0.05, 0) is 39.8 Å². The van der Waals surface area contributed by atoms with E-state index in [0.717, 1.165) is 0 Å². The Morgan fingerprint density at radius 2 is 2.00 bits per heavy atom. The number of aromatic nitrogens is 2. The number of fused-ring (bicyclic) bond motifs is 1. The summed E-state index contributed by atoms with van der Waals surface area (Å²) in [5.41, 5.74) is 0.829. The van der Waals surface area contributed by atoms with Gasteiger partial charge in [0.15, 0.2) is 0 Å². The molecule has 2 N–H and O–H groups in total. The van der Waals surface area contributed by atoms with E-state index in [1.54, 1.807) is 23.6 Å². The minimum Gasteiger partial charge on any atom is -0.478 e. The van der Waals surface area contributed by atoms with Gasteiger partial charge in [-0.15, -0.1) is 0 Å². The number of carbonyl (C=O) groups excluding carboxylic acids is 1. The molecule has 1 heterocycles. The standard InChI is InChI=1S/C15H19N3O3/c1-9(13(19)17-15(2,3)4)18-8-16-12-10(14(20)21)6-5-7-11(12)18/h5-9H,1-4H3,(H,17,19)(H,20,21). The summed E-state index contributed by atoms with van der Waals surface area (Å²) in [6, 6.07) is 4.44. The Balaban J connectivity index is 2.41. The van der Waals surface area contributed by atoms with Gasteiger partial charge in [0.2, 0.25) is 5.91 Å². The first-order valence-corrected chi connectivity index (χ1v) is 6.71. The second kappa shape index (κ2) is 5.20. The number of hydrogen-bond acceptors (Lipinski definition) is 3. The fourth-order valence-electron chi connectivity index (χ4n) is 2.14. The van der Waals surface area contributed by atoms with Crippen LogP contribution in [0.4, 0.5) is 0 Å². The molecule has 2 aromatic rings. The fourth-order valence-corrected chi connectivity index (χ4v) is 2.14. The van der Waals surface area contributed by atoms with Crippen LogP contribution in [-0.2, 0) is 4.79 Å². The van der Waals surface area contributed by atoms with Crippen molar-refractivity contribution in [3.8, 4) is 0 Å². The maximum absolute atomic E-state index is 12.2. The van der Waals surface area contributed by atoms with Gasteiger partial charge in [0.05, 0.1) is 17.4 Å². The van der Waals surface area contributed by atoms with Crippen molar-refractivity contribution in [2.75, 3.05) is 0 Å². The molecule has 1 amide bonds. The average molecular weight is 289 g/mol. The van der Waals surface area contributed by atoms with Crippen molar-refractivity contribution in [2.45, 2.75) is 39.3 Å². The predicted octanol–water partition coefficient (Wildman–Crippen LogP) is 2.21. The van der Waals surface area contributed by atoms with Crippen molar-refractivity contribution in [2.24, 2.45) is 0 Å². The number of aromatic carboxylic acids is 1. The van der Waals surface area contributed by atoms with E-state index in [1.807, 2.05) is 20.8 Å². The van der Waals surface area contributed by atoms with Crippen LogP contribution in [0.5, 0.6) is 0 Å². The minimum atomic E-state index is -1.03. The van der Waals surface area contributed by atoms with E-state index in [4.69, 9.17) is 5.11 Å². The maximum Gasteiger partial charge on any atom is 0.337 e. The summed E-state index contributed by atoms with van der Waals surface area (Å²) in [4.78, 5) is 27.6. The molecule has 2 rings (SSSR count). The Kier molecular flexibility index (Phi) is 3.72. The third-order valence-electron chi connectivity index (χ3n) is 3.13. The van der Waals surface area contributed by atoms with Crippen molar-refractivity contribution in [3.63, 3.8) is 0 Å². The lowest BCUT2D eigenvalue weighted by Crippen LogP contribution is -2.43. The van der Waals surface area contributed by atoms with Gasteiger partial charge in [0.1, 0.15) is 11.6 Å². The van der Waals surface area contributed by atoms with Crippen LogP contribution in [0.25, 0.3) is 11.0 Å². The van der Waals surface area contributed by atoms with Gasteiger partial charge in [0.25, 0.3) is 0 Å². The molecule has 21 heavy (non-hydrogen) atoms. The Bertz CT molecular complexity index is 698. The molecular formula is C15H19N3O3. The normalized spacial score (nSPS) is 13.1. The van der Waals surface area contributed by atoms with Crippen LogP contribution in [-0.4, -0.2) is 32.1 Å². The van der Waals surface area contributed by atoms with Gasteiger partial charge < -0.3 is 15.0 Å². The van der Waals surface area contributed by atoms with Gasteiger partial charge in [0, 0.05) is 5.54 Å². The number of carboxylic acid groups (broad SMARTS) is 1. The van der Waals surface area contributed by atoms with Gasteiger partial charge in [-0.2, -0.15) is 0 Å². The molecule has 0 fully saturated rings. The highest BCUT2D eigenvalue weighted by Gasteiger charge is 2.22. The molecule has 0 bridgehead atoms. The smallest absolute Gasteiger partial charge is 0.337 e. The van der Waals surface area contributed by atoms with Crippen molar-refractivity contribution in [1.82, 2.24) is 14.9 Å². The highest BCUT2D eigenvalue weighted by molar-refractivity contribution is 6.01. The lowest BCUT2D eigenvalue weighted by molar-refractivity contribution is -0.125. The van der Waals surface area contributed by atoms with Crippen LogP contribution in [0.2, 0.25) is 0 Å². The summed E-state index contributed by atoms with van der Waals surface area (Å²) >= 11 is 0. The second-order valence-electron chi connectivity index (χ2n) is 6.05. The zero-order valence-corrected chi connectivity index (χ0v) is 12.5. The summed E-state index contributed by atoms with van der Waals surface area (Å²) in [7, 11) is 0. The van der Waals surface area contributed by atoms with E-state index in [9.17, 15) is 9.59 Å². The molecule has 0 aliphatic carbocycles. The molecule has 1 aromatic carbocycles. The van der Waals surface area contributed by atoms with Crippen molar-refractivity contribution in [1.29, 1.82) is 0 Å². The van der Waals surface area contributed by atoms with Crippen molar-refractivity contribution in [3.05, 3.63) is 30.1 Å². The number of carbonyl (C=O) groups is 2. The fraction of sp³-hybridized carbons (Fsp3) is 0.400. The Morgan fingerprint density at radius 3 is 2.57 bits per heavy atom. The lowest BCUT2D eigenvalue weighted by atomic mass is 10.1. The molecule has 112 valence electrons. The zero-order chi connectivity index (χ0) is 15.8. The summed E-state index contributed by atoms with van der Waals surface area (Å²) < 4.78 is 1.68. The summed E-state index contributed by atoms with van der Waals surface area (Å²) in [5.74, 6) is -1.17. The van der Waals surface area contributed by atoms with Gasteiger partial charge in [-0.1, -0.05) is 6.07 Å². The average Bonchev–Trinajstić information content (AvgIpc) is 2.78. The number of hydrogen-bond donors (Lipinski definition) is 2. The Labute approximate surface area is 122 Å². The first-order valence-electron chi connectivity index (χ1n) is 6.71. The number of rotatable bonds is 3. The van der Waals surface area contributed by atoms with E-state index >= 15 is 0 Å². The molecule has 0 aliphatic rings. The molecule has 1 aromatic heterocycles. The van der Waals surface area contributed by atoms with Gasteiger partial charge in [-0.3, -0.25) is 4.79 Å². The van der Waals surface area contributed by atoms with Crippen molar-refractivity contribution < 1.29 is 14.7 Å². The van der Waals surface area contributed by atoms with Crippen LogP contribution in [0.1, 0.15) is 44.1 Å². The van der Waals surface area contributed by atoms with Crippen LogP contribution >= 0.6 is 0 Å². The third kappa shape index (κ3) is 3.04. The Hall–Kier alpha value is -2.37. The van der Waals surface area contributed by atoms with Gasteiger partial charge in [-0.25, -0.2) is 9.78 Å². The number of amides is 1. The van der Waals surface area contributed by atoms with Crippen molar-refractivity contribution >= 4 is 22.9 Å². The molecule has 6 heteroatoms. The predicted molar refractivity (Wildman–Crippen MR) is 79.3 cm³/mol. The van der Waals surface area contributed by atoms with Crippen LogP contribution in [0.15, 0.2) is 24.5 Å². The van der Waals surface area contributed by atoms with E-state index in [-0.39, 0.29) is 17.0 Å². The summed E-state index contributed by atoms with van der Waals surface area (Å²) in [6.45, 7) is 7.49. The van der Waals surface area contributed by atoms with Gasteiger partial charge >= 0.3 is 5.97 Å². The number of nitrogens with zero attached hydrogens (tertiary/aromatic N) is 2. The molecule has 1 unspecified atom stereocenters.